The van der Waals surface area contributed by atoms with Crippen LogP contribution < -0.4 is 5.73 Å². The van der Waals surface area contributed by atoms with Crippen molar-refractivity contribution in [3.63, 3.8) is 0 Å². The van der Waals surface area contributed by atoms with E-state index in [1.54, 1.807) is 24.9 Å². The van der Waals surface area contributed by atoms with Crippen LogP contribution >= 0.6 is 0 Å². The first-order valence-electron chi connectivity index (χ1n) is 6.24. The van der Waals surface area contributed by atoms with E-state index in [2.05, 4.69) is 0 Å². The highest BCUT2D eigenvalue weighted by Crippen LogP contribution is 2.26. The monoisotopic (exact) mass is 250 g/mol. The van der Waals surface area contributed by atoms with Crippen LogP contribution in [0.5, 0.6) is 0 Å². The van der Waals surface area contributed by atoms with Gasteiger partial charge >= 0.3 is 0 Å². The van der Waals surface area contributed by atoms with E-state index in [0.717, 1.165) is 18.4 Å². The lowest BCUT2D eigenvalue weighted by Gasteiger charge is -2.35. The Kier molecular flexibility index (Phi) is 3.66. The second kappa shape index (κ2) is 5.06. The minimum atomic E-state index is -0.364. The molecule has 2 rings (SSSR count). The molecular formula is C14H19FN2O. The second-order valence-electron chi connectivity index (χ2n) is 5.30. The van der Waals surface area contributed by atoms with Crippen molar-refractivity contribution in [3.05, 3.63) is 35.1 Å². The number of aryl methyl sites for hydroxylation is 1. The number of halogens is 1. The predicted molar refractivity (Wildman–Crippen MR) is 68.8 cm³/mol. The largest absolute Gasteiger partial charge is 0.341 e. The number of benzene rings is 1. The average molecular weight is 250 g/mol. The van der Waals surface area contributed by atoms with Crippen LogP contribution in [0.15, 0.2) is 18.2 Å². The first-order valence-corrected chi connectivity index (χ1v) is 6.24. The van der Waals surface area contributed by atoms with Gasteiger partial charge in [0, 0.05) is 25.2 Å². The van der Waals surface area contributed by atoms with Gasteiger partial charge in [0.15, 0.2) is 0 Å². The Morgan fingerprint density at radius 2 is 2.11 bits per heavy atom. The van der Waals surface area contributed by atoms with Gasteiger partial charge in [-0.1, -0.05) is 0 Å². The van der Waals surface area contributed by atoms with Gasteiger partial charge in [-0.15, -0.1) is 0 Å². The molecule has 1 fully saturated rings. The van der Waals surface area contributed by atoms with Crippen LogP contribution in [0.1, 0.15) is 28.8 Å². The zero-order chi connectivity index (χ0) is 13.3. The lowest BCUT2D eigenvalue weighted by atomic mass is 9.80. The molecule has 1 aromatic carbocycles. The Morgan fingerprint density at radius 3 is 2.67 bits per heavy atom. The van der Waals surface area contributed by atoms with E-state index in [1.807, 2.05) is 0 Å². The highest BCUT2D eigenvalue weighted by molar-refractivity contribution is 5.94. The highest BCUT2D eigenvalue weighted by Gasteiger charge is 2.28. The Labute approximate surface area is 107 Å². The third-order valence-electron chi connectivity index (χ3n) is 3.44. The first kappa shape index (κ1) is 13.0. The first-order chi connectivity index (χ1) is 8.45. The van der Waals surface area contributed by atoms with Gasteiger partial charge in [-0.2, -0.15) is 0 Å². The molecule has 98 valence electrons. The van der Waals surface area contributed by atoms with Crippen molar-refractivity contribution in [1.82, 2.24) is 4.90 Å². The van der Waals surface area contributed by atoms with Crippen molar-refractivity contribution < 1.29 is 9.18 Å². The van der Waals surface area contributed by atoms with Gasteiger partial charge in [-0.25, -0.2) is 4.39 Å². The molecule has 2 N–H and O–H groups in total. The lowest BCUT2D eigenvalue weighted by molar-refractivity contribution is 0.0733. The van der Waals surface area contributed by atoms with Crippen molar-refractivity contribution in [2.45, 2.75) is 25.8 Å². The summed E-state index contributed by atoms with van der Waals surface area (Å²) in [7, 11) is 1.76. The smallest absolute Gasteiger partial charge is 0.253 e. The summed E-state index contributed by atoms with van der Waals surface area (Å²) in [6.45, 7) is 2.48. The maximum atomic E-state index is 13.3. The van der Waals surface area contributed by atoms with E-state index >= 15 is 0 Å². The summed E-state index contributed by atoms with van der Waals surface area (Å²) in [4.78, 5) is 13.8. The van der Waals surface area contributed by atoms with Crippen LogP contribution in [0.3, 0.4) is 0 Å². The van der Waals surface area contributed by atoms with Crippen LogP contribution in [0.25, 0.3) is 0 Å². The molecule has 1 aliphatic rings. The van der Waals surface area contributed by atoms with E-state index in [1.165, 1.54) is 12.1 Å². The second-order valence-corrected chi connectivity index (χ2v) is 5.30. The summed E-state index contributed by atoms with van der Waals surface area (Å²) in [5.74, 6) is -0.000839. The standard InChI is InChI=1S/C14H19FN2O/c1-9-3-11(7-12(15)4-9)14(18)17(2)8-10-5-13(16)6-10/h3-4,7,10,13H,5-6,8,16H2,1-2H3. The molecule has 0 spiro atoms. The fourth-order valence-electron chi connectivity index (χ4n) is 2.49. The molecule has 1 saturated carbocycles. The Hall–Kier alpha value is -1.42. The topological polar surface area (TPSA) is 46.3 Å². The summed E-state index contributed by atoms with van der Waals surface area (Å²) in [5.41, 5.74) is 6.90. The third-order valence-corrected chi connectivity index (χ3v) is 3.44. The van der Waals surface area contributed by atoms with Gasteiger partial charge in [-0.05, 0) is 49.4 Å². The highest BCUT2D eigenvalue weighted by atomic mass is 19.1. The molecule has 0 saturated heterocycles. The quantitative estimate of drug-likeness (QED) is 0.891. The molecule has 0 atom stereocenters. The number of carbonyl (C=O) groups is 1. The fraction of sp³-hybridized carbons (Fsp3) is 0.500. The van der Waals surface area contributed by atoms with Crippen molar-refractivity contribution >= 4 is 5.91 Å². The zero-order valence-electron chi connectivity index (χ0n) is 10.8. The summed E-state index contributed by atoms with van der Waals surface area (Å²) < 4.78 is 13.3. The molecule has 0 unspecified atom stereocenters. The Morgan fingerprint density at radius 1 is 1.44 bits per heavy atom. The normalized spacial score (nSPS) is 22.4. The molecule has 3 nitrogen and oxygen atoms in total. The van der Waals surface area contributed by atoms with Crippen LogP contribution in [-0.4, -0.2) is 30.4 Å². The number of amides is 1. The van der Waals surface area contributed by atoms with E-state index in [4.69, 9.17) is 5.73 Å². The Balaban J connectivity index is 2.01. The van der Waals surface area contributed by atoms with E-state index in [0.29, 0.717) is 18.0 Å². The van der Waals surface area contributed by atoms with E-state index in [9.17, 15) is 9.18 Å². The van der Waals surface area contributed by atoms with Crippen LogP contribution in [0.2, 0.25) is 0 Å². The van der Waals surface area contributed by atoms with Gasteiger partial charge in [-0.3, -0.25) is 4.79 Å². The maximum absolute atomic E-state index is 13.3. The van der Waals surface area contributed by atoms with E-state index < -0.39 is 0 Å². The van der Waals surface area contributed by atoms with Gasteiger partial charge in [0.2, 0.25) is 0 Å². The molecule has 0 radical (unpaired) electrons. The van der Waals surface area contributed by atoms with Gasteiger partial charge in [0.25, 0.3) is 5.91 Å². The minimum absolute atomic E-state index is 0.127. The predicted octanol–water partition coefficient (Wildman–Crippen LogP) is 1.94. The van der Waals surface area contributed by atoms with Gasteiger partial charge in [0.1, 0.15) is 5.82 Å². The van der Waals surface area contributed by atoms with Gasteiger partial charge < -0.3 is 10.6 Å². The molecule has 18 heavy (non-hydrogen) atoms. The number of nitrogens with two attached hydrogens (primary N) is 1. The molecule has 1 aliphatic carbocycles. The lowest BCUT2D eigenvalue weighted by Crippen LogP contribution is -2.43. The van der Waals surface area contributed by atoms with Crippen LogP contribution in [0, 0.1) is 18.7 Å². The summed E-state index contributed by atoms with van der Waals surface area (Å²) >= 11 is 0. The van der Waals surface area contributed by atoms with Crippen LogP contribution in [-0.2, 0) is 0 Å². The van der Waals surface area contributed by atoms with Crippen molar-refractivity contribution in [3.8, 4) is 0 Å². The Bertz CT molecular complexity index is 435. The minimum Gasteiger partial charge on any atom is -0.341 e. The number of hydrogen-bond donors (Lipinski definition) is 1. The third kappa shape index (κ3) is 2.88. The summed E-state index contributed by atoms with van der Waals surface area (Å²) in [5, 5.41) is 0. The molecule has 4 heteroatoms. The number of rotatable bonds is 3. The van der Waals surface area contributed by atoms with E-state index in [-0.39, 0.29) is 17.8 Å². The summed E-state index contributed by atoms with van der Waals surface area (Å²) in [6, 6.07) is 4.71. The fourth-order valence-corrected chi connectivity index (χ4v) is 2.49. The zero-order valence-corrected chi connectivity index (χ0v) is 10.8. The molecule has 0 aliphatic heterocycles. The SMILES string of the molecule is Cc1cc(F)cc(C(=O)N(C)CC2CC(N)C2)c1. The average Bonchev–Trinajstić information content (AvgIpc) is 2.24. The van der Waals surface area contributed by atoms with Crippen molar-refractivity contribution in [2.75, 3.05) is 13.6 Å². The van der Waals surface area contributed by atoms with Crippen molar-refractivity contribution in [2.24, 2.45) is 11.7 Å². The maximum Gasteiger partial charge on any atom is 0.253 e. The molecule has 1 aromatic rings. The molecule has 0 heterocycles. The molecular weight excluding hydrogens is 231 g/mol. The van der Waals surface area contributed by atoms with Gasteiger partial charge in [0.05, 0.1) is 0 Å². The molecule has 1 amide bonds. The molecule has 0 bridgehead atoms. The summed E-state index contributed by atoms with van der Waals surface area (Å²) in [6.07, 6.45) is 1.94. The van der Waals surface area contributed by atoms with Crippen molar-refractivity contribution in [1.29, 1.82) is 0 Å². The number of carbonyl (C=O) groups excluding carboxylic acids is 1. The molecule has 0 aromatic heterocycles. The van der Waals surface area contributed by atoms with Crippen LogP contribution in [0.4, 0.5) is 4.39 Å². The number of hydrogen-bond acceptors (Lipinski definition) is 2. The number of nitrogens with zero attached hydrogens (tertiary/aromatic N) is 1.